The van der Waals surface area contributed by atoms with Gasteiger partial charge in [0.2, 0.25) is 0 Å². The monoisotopic (exact) mass is 276 g/mol. The van der Waals surface area contributed by atoms with Crippen molar-refractivity contribution in [1.82, 2.24) is 4.90 Å². The van der Waals surface area contributed by atoms with Gasteiger partial charge < -0.3 is 5.73 Å². The molecule has 1 saturated heterocycles. The summed E-state index contributed by atoms with van der Waals surface area (Å²) in [4.78, 5) is 2.58. The van der Waals surface area contributed by atoms with Gasteiger partial charge in [-0.15, -0.1) is 0 Å². The zero-order chi connectivity index (χ0) is 13.2. The Balaban J connectivity index is 1.78. The average Bonchev–Trinajstić information content (AvgIpc) is 3.24. The summed E-state index contributed by atoms with van der Waals surface area (Å²) in [5, 5.41) is 0.731. The average molecular weight is 276 g/mol. The van der Waals surface area contributed by atoms with Crippen molar-refractivity contribution in [3.8, 4) is 0 Å². The predicted molar refractivity (Wildman–Crippen MR) is 83.7 cm³/mol. The van der Waals surface area contributed by atoms with Gasteiger partial charge in [-0.05, 0) is 29.9 Å². The van der Waals surface area contributed by atoms with E-state index in [4.69, 9.17) is 5.73 Å². The number of rotatable bonds is 4. The Kier molecular flexibility index (Phi) is 4.15. The molecule has 1 aromatic carbocycles. The summed E-state index contributed by atoms with van der Waals surface area (Å²) in [6.07, 6.45) is 2.74. The SMILES string of the molecule is CC1CN(C(CN)c2cccc(C3CC3)c2)CCS1. The third kappa shape index (κ3) is 3.15. The molecule has 1 aromatic rings. The normalized spacial score (nSPS) is 26.3. The van der Waals surface area contributed by atoms with E-state index in [2.05, 4.69) is 47.9 Å². The Hall–Kier alpha value is -0.510. The van der Waals surface area contributed by atoms with Gasteiger partial charge in [-0.1, -0.05) is 31.2 Å². The van der Waals surface area contributed by atoms with Crippen LogP contribution in [0.15, 0.2) is 24.3 Å². The third-order valence-electron chi connectivity index (χ3n) is 4.28. The van der Waals surface area contributed by atoms with Crippen molar-refractivity contribution in [3.63, 3.8) is 0 Å². The van der Waals surface area contributed by atoms with Crippen molar-refractivity contribution in [2.24, 2.45) is 5.73 Å². The fourth-order valence-electron chi connectivity index (χ4n) is 3.06. The molecule has 2 unspecified atom stereocenters. The molecule has 2 atom stereocenters. The van der Waals surface area contributed by atoms with Gasteiger partial charge in [-0.2, -0.15) is 11.8 Å². The molecule has 19 heavy (non-hydrogen) atoms. The van der Waals surface area contributed by atoms with Gasteiger partial charge in [0.25, 0.3) is 0 Å². The van der Waals surface area contributed by atoms with Crippen molar-refractivity contribution < 1.29 is 0 Å². The first-order valence-corrected chi connectivity index (χ1v) is 8.48. The van der Waals surface area contributed by atoms with Gasteiger partial charge in [0, 0.05) is 36.7 Å². The van der Waals surface area contributed by atoms with Crippen molar-refractivity contribution in [1.29, 1.82) is 0 Å². The maximum absolute atomic E-state index is 6.07. The highest BCUT2D eigenvalue weighted by molar-refractivity contribution is 7.99. The fraction of sp³-hybridized carbons (Fsp3) is 0.625. The van der Waals surface area contributed by atoms with Gasteiger partial charge >= 0.3 is 0 Å². The lowest BCUT2D eigenvalue weighted by atomic mass is 10.00. The Bertz CT molecular complexity index is 431. The summed E-state index contributed by atoms with van der Waals surface area (Å²) < 4.78 is 0. The number of hydrogen-bond acceptors (Lipinski definition) is 3. The van der Waals surface area contributed by atoms with Crippen LogP contribution in [0.4, 0.5) is 0 Å². The van der Waals surface area contributed by atoms with E-state index in [0.29, 0.717) is 6.04 Å². The molecule has 2 fully saturated rings. The lowest BCUT2D eigenvalue weighted by molar-refractivity contribution is 0.211. The zero-order valence-corrected chi connectivity index (χ0v) is 12.5. The minimum atomic E-state index is 0.405. The molecule has 1 saturated carbocycles. The first-order valence-electron chi connectivity index (χ1n) is 7.43. The molecule has 0 aromatic heterocycles. The first-order chi connectivity index (χ1) is 9.28. The number of thioether (sulfide) groups is 1. The summed E-state index contributed by atoms with van der Waals surface area (Å²) in [6.45, 7) is 5.39. The number of nitrogens with zero attached hydrogens (tertiary/aromatic N) is 1. The van der Waals surface area contributed by atoms with Crippen molar-refractivity contribution >= 4 is 11.8 Å². The molecule has 0 spiro atoms. The van der Waals surface area contributed by atoms with Crippen LogP contribution in [0.5, 0.6) is 0 Å². The summed E-state index contributed by atoms with van der Waals surface area (Å²) in [5.74, 6) is 2.06. The quantitative estimate of drug-likeness (QED) is 0.916. The summed E-state index contributed by atoms with van der Waals surface area (Å²) in [7, 11) is 0. The lowest BCUT2D eigenvalue weighted by Crippen LogP contribution is -2.42. The lowest BCUT2D eigenvalue weighted by Gasteiger charge is -2.36. The largest absolute Gasteiger partial charge is 0.329 e. The van der Waals surface area contributed by atoms with Crippen LogP contribution >= 0.6 is 11.8 Å². The van der Waals surface area contributed by atoms with Gasteiger partial charge in [-0.25, -0.2) is 0 Å². The van der Waals surface area contributed by atoms with E-state index in [1.807, 2.05) is 0 Å². The minimum Gasteiger partial charge on any atom is -0.329 e. The summed E-state index contributed by atoms with van der Waals surface area (Å²) >= 11 is 2.08. The summed E-state index contributed by atoms with van der Waals surface area (Å²) in [5.41, 5.74) is 9.02. The van der Waals surface area contributed by atoms with E-state index >= 15 is 0 Å². The first kappa shape index (κ1) is 13.5. The second-order valence-corrected chi connectivity index (χ2v) is 7.42. The minimum absolute atomic E-state index is 0.405. The standard InChI is InChI=1S/C16H24N2S/c1-12-11-18(7-8-19-12)16(10-17)15-4-2-3-14(9-15)13-5-6-13/h2-4,9,12-13,16H,5-8,10-11,17H2,1H3. The van der Waals surface area contributed by atoms with Gasteiger partial charge in [0.15, 0.2) is 0 Å². The molecule has 2 N–H and O–H groups in total. The van der Waals surface area contributed by atoms with Crippen molar-refractivity contribution in [3.05, 3.63) is 35.4 Å². The van der Waals surface area contributed by atoms with E-state index < -0.39 is 0 Å². The van der Waals surface area contributed by atoms with E-state index in [1.54, 1.807) is 0 Å². The number of benzene rings is 1. The molecule has 3 rings (SSSR count). The van der Waals surface area contributed by atoms with E-state index in [0.717, 1.165) is 17.7 Å². The topological polar surface area (TPSA) is 29.3 Å². The maximum Gasteiger partial charge on any atom is 0.0471 e. The molecule has 104 valence electrons. The van der Waals surface area contributed by atoms with Gasteiger partial charge in [0.05, 0.1) is 0 Å². The molecule has 2 nitrogen and oxygen atoms in total. The van der Waals surface area contributed by atoms with Crippen LogP contribution in [-0.2, 0) is 0 Å². The van der Waals surface area contributed by atoms with Crippen LogP contribution in [0.2, 0.25) is 0 Å². The Morgan fingerprint density at radius 2 is 2.26 bits per heavy atom. The van der Waals surface area contributed by atoms with Crippen LogP contribution in [0.25, 0.3) is 0 Å². The Morgan fingerprint density at radius 3 is 2.95 bits per heavy atom. The number of hydrogen-bond donors (Lipinski definition) is 1. The van der Waals surface area contributed by atoms with E-state index in [9.17, 15) is 0 Å². The molecule has 0 radical (unpaired) electrons. The molecule has 1 aliphatic carbocycles. The Labute approximate surface area is 120 Å². The predicted octanol–water partition coefficient (Wildman–Crippen LogP) is 3.00. The van der Waals surface area contributed by atoms with Crippen LogP contribution in [-0.4, -0.2) is 35.5 Å². The van der Waals surface area contributed by atoms with Crippen LogP contribution in [0, 0.1) is 0 Å². The van der Waals surface area contributed by atoms with Crippen molar-refractivity contribution in [2.75, 3.05) is 25.4 Å². The van der Waals surface area contributed by atoms with Crippen LogP contribution < -0.4 is 5.73 Å². The highest BCUT2D eigenvalue weighted by atomic mass is 32.2. The number of nitrogens with two attached hydrogens (primary N) is 1. The van der Waals surface area contributed by atoms with Crippen LogP contribution in [0.3, 0.4) is 0 Å². The third-order valence-corrected chi connectivity index (χ3v) is 5.42. The fourth-order valence-corrected chi connectivity index (χ4v) is 4.10. The molecule has 3 heteroatoms. The molecule has 0 bridgehead atoms. The van der Waals surface area contributed by atoms with Crippen molar-refractivity contribution in [2.45, 2.75) is 37.0 Å². The molecule has 1 heterocycles. The highest BCUT2D eigenvalue weighted by Crippen LogP contribution is 2.41. The van der Waals surface area contributed by atoms with E-state index in [-0.39, 0.29) is 0 Å². The molecular weight excluding hydrogens is 252 g/mol. The zero-order valence-electron chi connectivity index (χ0n) is 11.7. The highest BCUT2D eigenvalue weighted by Gasteiger charge is 2.27. The van der Waals surface area contributed by atoms with E-state index in [1.165, 1.54) is 42.8 Å². The second kappa shape index (κ2) is 5.86. The molecule has 2 aliphatic rings. The Morgan fingerprint density at radius 1 is 1.42 bits per heavy atom. The molecule has 1 aliphatic heterocycles. The molecule has 0 amide bonds. The van der Waals surface area contributed by atoms with Gasteiger partial charge in [0.1, 0.15) is 0 Å². The van der Waals surface area contributed by atoms with Crippen LogP contribution in [0.1, 0.15) is 42.9 Å². The smallest absolute Gasteiger partial charge is 0.0471 e. The van der Waals surface area contributed by atoms with Gasteiger partial charge in [-0.3, -0.25) is 4.90 Å². The summed E-state index contributed by atoms with van der Waals surface area (Å²) in [6, 6.07) is 9.57. The molecular formula is C16H24N2S. The second-order valence-electron chi connectivity index (χ2n) is 5.87. The maximum atomic E-state index is 6.07.